The van der Waals surface area contributed by atoms with Gasteiger partial charge < -0.3 is 0 Å². The van der Waals surface area contributed by atoms with Gasteiger partial charge in [-0.15, -0.1) is 11.3 Å². The van der Waals surface area contributed by atoms with E-state index >= 15 is 0 Å². The van der Waals surface area contributed by atoms with Crippen molar-refractivity contribution in [2.75, 3.05) is 0 Å². The average Bonchev–Trinajstić information content (AvgIpc) is 3.68. The van der Waals surface area contributed by atoms with E-state index in [2.05, 4.69) is 188 Å². The molecule has 0 amide bonds. The summed E-state index contributed by atoms with van der Waals surface area (Å²) < 4.78 is 1.19. The van der Waals surface area contributed by atoms with Gasteiger partial charge in [0.05, 0.1) is 21.4 Å². The molecule has 0 aliphatic rings. The number of rotatable bonds is 6. The van der Waals surface area contributed by atoms with Crippen molar-refractivity contribution in [2.45, 2.75) is 0 Å². The first-order valence-corrected chi connectivity index (χ1v) is 18.7. The van der Waals surface area contributed by atoms with Crippen molar-refractivity contribution in [1.82, 2.24) is 9.97 Å². The molecule has 0 radical (unpaired) electrons. The molecule has 10 rings (SSSR count). The van der Waals surface area contributed by atoms with E-state index in [1.165, 1.54) is 54.4 Å². The van der Waals surface area contributed by atoms with E-state index in [0.29, 0.717) is 0 Å². The molecule has 0 atom stereocenters. The normalized spacial score (nSPS) is 11.4. The molecular weight excluding hydrogens is 661 g/mol. The first-order valence-electron chi connectivity index (χ1n) is 17.9. The van der Waals surface area contributed by atoms with E-state index in [1.807, 2.05) is 6.07 Å². The van der Waals surface area contributed by atoms with Crippen molar-refractivity contribution < 1.29 is 0 Å². The number of hydrogen-bond donors (Lipinski definition) is 0. The predicted molar refractivity (Wildman–Crippen MR) is 225 cm³/mol. The first kappa shape index (κ1) is 31.1. The molecule has 0 unspecified atom stereocenters. The van der Waals surface area contributed by atoms with E-state index in [9.17, 15) is 0 Å². The number of nitrogens with zero attached hydrogens (tertiary/aromatic N) is 2. The minimum absolute atomic E-state index is 0.966. The van der Waals surface area contributed by atoms with Crippen LogP contribution in [0, 0.1) is 0 Å². The number of pyridine rings is 1. The Hall–Kier alpha value is -6.68. The number of hydrogen-bond acceptors (Lipinski definition) is 3. The molecule has 0 bridgehead atoms. The number of para-hydroxylation sites is 1. The smallest absolute Gasteiger partial charge is 0.124 e. The third-order valence-electron chi connectivity index (χ3n) is 10.1. The fourth-order valence-electron chi connectivity index (χ4n) is 7.49. The summed E-state index contributed by atoms with van der Waals surface area (Å²) >= 11 is 1.74. The highest BCUT2D eigenvalue weighted by atomic mass is 32.1. The van der Waals surface area contributed by atoms with Crippen LogP contribution in [0.25, 0.3) is 98.2 Å². The summed E-state index contributed by atoms with van der Waals surface area (Å²) in [6, 6.07) is 69.4. The Bertz CT molecular complexity index is 2930. The Balaban J connectivity index is 1.05. The summed E-state index contributed by atoms with van der Waals surface area (Å²) in [6.45, 7) is 0. The zero-order chi connectivity index (χ0) is 35.1. The summed E-state index contributed by atoms with van der Waals surface area (Å²) in [6.07, 6.45) is 0. The lowest BCUT2D eigenvalue weighted by molar-refractivity contribution is 1.40. The van der Waals surface area contributed by atoms with Gasteiger partial charge in [0, 0.05) is 16.5 Å². The maximum absolute atomic E-state index is 5.12. The topological polar surface area (TPSA) is 25.8 Å². The molecule has 2 nitrogen and oxygen atoms in total. The van der Waals surface area contributed by atoms with E-state index in [-0.39, 0.29) is 0 Å². The van der Waals surface area contributed by atoms with Crippen LogP contribution in [-0.4, -0.2) is 9.97 Å². The van der Waals surface area contributed by atoms with Crippen LogP contribution < -0.4 is 0 Å². The zero-order valence-corrected chi connectivity index (χ0v) is 29.6. The lowest BCUT2D eigenvalue weighted by Gasteiger charge is -2.16. The van der Waals surface area contributed by atoms with Crippen molar-refractivity contribution in [3.8, 4) is 66.3 Å². The fourth-order valence-corrected chi connectivity index (χ4v) is 8.44. The van der Waals surface area contributed by atoms with Crippen molar-refractivity contribution in [2.24, 2.45) is 0 Å². The first-order chi connectivity index (χ1) is 26.2. The van der Waals surface area contributed by atoms with Crippen LogP contribution in [0.4, 0.5) is 0 Å². The minimum atomic E-state index is 0.966. The zero-order valence-electron chi connectivity index (χ0n) is 28.8. The van der Waals surface area contributed by atoms with Crippen molar-refractivity contribution in [3.63, 3.8) is 0 Å². The molecule has 248 valence electrons. The molecule has 2 heterocycles. The second-order valence-corrected chi connectivity index (χ2v) is 14.4. The second kappa shape index (κ2) is 13.1. The van der Waals surface area contributed by atoms with Gasteiger partial charge in [0.15, 0.2) is 0 Å². The standard InChI is InChI=1S/C50H32N2S/c1-3-12-33(13-4-1)44-32-46(51-45-21-10-9-20-43(44)45)35-22-24-36(25-23-35)49-41-19-8-7-14-34(41)26-28-42(49)40-18-11-17-38(30-40)39-27-29-48-47(31-39)52-50(53-48)37-15-5-2-6-16-37/h1-32H. The number of benzene rings is 8. The van der Waals surface area contributed by atoms with Crippen LogP contribution in [0.3, 0.4) is 0 Å². The van der Waals surface area contributed by atoms with Gasteiger partial charge in [-0.1, -0.05) is 164 Å². The molecule has 3 heteroatoms. The summed E-state index contributed by atoms with van der Waals surface area (Å²) in [5.41, 5.74) is 14.7. The lowest BCUT2D eigenvalue weighted by Crippen LogP contribution is -1.91. The SMILES string of the molecule is c1ccc(-c2nc3cc(-c4cccc(-c5ccc6ccccc6c5-c5ccc(-c6cc(-c7ccccc7)c7ccccc7n6)cc5)c4)ccc3s2)cc1. The van der Waals surface area contributed by atoms with Crippen molar-refractivity contribution in [1.29, 1.82) is 0 Å². The Labute approximate surface area is 312 Å². The molecule has 8 aromatic carbocycles. The Morgan fingerprint density at radius 1 is 0.340 bits per heavy atom. The number of thiazole rings is 1. The van der Waals surface area contributed by atoms with E-state index in [4.69, 9.17) is 9.97 Å². The van der Waals surface area contributed by atoms with Crippen LogP contribution in [-0.2, 0) is 0 Å². The number of aromatic nitrogens is 2. The van der Waals surface area contributed by atoms with Crippen LogP contribution in [0.2, 0.25) is 0 Å². The highest BCUT2D eigenvalue weighted by Gasteiger charge is 2.15. The van der Waals surface area contributed by atoms with E-state index < -0.39 is 0 Å². The molecule has 0 saturated heterocycles. The van der Waals surface area contributed by atoms with Crippen molar-refractivity contribution in [3.05, 3.63) is 194 Å². The molecule has 0 aliphatic carbocycles. The van der Waals surface area contributed by atoms with Gasteiger partial charge in [0.1, 0.15) is 5.01 Å². The van der Waals surface area contributed by atoms with Gasteiger partial charge in [-0.3, -0.25) is 0 Å². The van der Waals surface area contributed by atoms with Gasteiger partial charge in [0.25, 0.3) is 0 Å². The highest BCUT2D eigenvalue weighted by molar-refractivity contribution is 7.21. The van der Waals surface area contributed by atoms with Crippen LogP contribution in [0.1, 0.15) is 0 Å². The Morgan fingerprint density at radius 2 is 0.981 bits per heavy atom. The third-order valence-corrected chi connectivity index (χ3v) is 11.2. The van der Waals surface area contributed by atoms with E-state index in [1.54, 1.807) is 11.3 Å². The quantitative estimate of drug-likeness (QED) is 0.173. The average molecular weight is 693 g/mol. The van der Waals surface area contributed by atoms with Gasteiger partial charge >= 0.3 is 0 Å². The van der Waals surface area contributed by atoms with Gasteiger partial charge in [-0.05, 0) is 85.6 Å². The fraction of sp³-hybridized carbons (Fsp3) is 0. The van der Waals surface area contributed by atoms with Crippen molar-refractivity contribution >= 4 is 43.2 Å². The molecule has 0 spiro atoms. The second-order valence-electron chi connectivity index (χ2n) is 13.4. The van der Waals surface area contributed by atoms with Gasteiger partial charge in [-0.2, -0.15) is 0 Å². The molecule has 0 aliphatic heterocycles. The summed E-state index contributed by atoms with van der Waals surface area (Å²) in [4.78, 5) is 10.1. The monoisotopic (exact) mass is 692 g/mol. The Kier molecular flexibility index (Phi) is 7.71. The van der Waals surface area contributed by atoms with Crippen LogP contribution >= 0.6 is 11.3 Å². The molecule has 0 fully saturated rings. The van der Waals surface area contributed by atoms with Gasteiger partial charge in [0.2, 0.25) is 0 Å². The molecule has 0 N–H and O–H groups in total. The van der Waals surface area contributed by atoms with E-state index in [0.717, 1.165) is 43.8 Å². The largest absolute Gasteiger partial charge is 0.248 e. The third kappa shape index (κ3) is 5.78. The molecule has 10 aromatic rings. The summed E-state index contributed by atoms with van der Waals surface area (Å²) in [7, 11) is 0. The molecule has 53 heavy (non-hydrogen) atoms. The minimum Gasteiger partial charge on any atom is -0.248 e. The van der Waals surface area contributed by atoms with Crippen LogP contribution in [0.15, 0.2) is 194 Å². The highest BCUT2D eigenvalue weighted by Crippen LogP contribution is 2.41. The summed E-state index contributed by atoms with van der Waals surface area (Å²) in [5.74, 6) is 0. The molecule has 0 saturated carbocycles. The number of fused-ring (bicyclic) bond motifs is 3. The van der Waals surface area contributed by atoms with Gasteiger partial charge in [-0.25, -0.2) is 9.97 Å². The molecule has 2 aromatic heterocycles. The maximum atomic E-state index is 5.12. The summed E-state index contributed by atoms with van der Waals surface area (Å²) in [5, 5.41) is 4.66. The molecular formula is C50H32N2S. The maximum Gasteiger partial charge on any atom is 0.124 e. The Morgan fingerprint density at radius 3 is 1.81 bits per heavy atom. The van der Waals surface area contributed by atoms with Crippen LogP contribution in [0.5, 0.6) is 0 Å². The predicted octanol–water partition coefficient (Wildman–Crippen LogP) is 14.0. The lowest BCUT2D eigenvalue weighted by atomic mass is 9.88.